The van der Waals surface area contributed by atoms with E-state index in [9.17, 15) is 14.8 Å². The van der Waals surface area contributed by atoms with Crippen molar-refractivity contribution in [1.29, 1.82) is 0 Å². The Morgan fingerprint density at radius 1 is 1.17 bits per heavy atom. The number of hydrogen-bond donors (Lipinski definition) is 1. The Morgan fingerprint density at radius 3 is 2.54 bits per heavy atom. The van der Waals surface area contributed by atoms with Gasteiger partial charge in [0.1, 0.15) is 0 Å². The monoisotopic (exact) mass is 409 g/mol. The zero-order valence-corrected chi connectivity index (χ0v) is 17.4. The summed E-state index contributed by atoms with van der Waals surface area (Å²) in [6, 6.07) is 0. The fraction of sp³-hybridized carbons (Fsp3) is 0.875. The molecule has 2 fully saturated rings. The van der Waals surface area contributed by atoms with E-state index in [-0.39, 0.29) is 17.6 Å². The van der Waals surface area contributed by atoms with Crippen molar-refractivity contribution in [2.75, 3.05) is 11.5 Å². The van der Waals surface area contributed by atoms with Crippen LogP contribution in [0.15, 0.2) is 0 Å². The predicted octanol–water partition coefficient (Wildman–Crippen LogP) is 5.01. The van der Waals surface area contributed by atoms with Gasteiger partial charge in [0, 0.05) is 28.4 Å². The summed E-state index contributed by atoms with van der Waals surface area (Å²) in [5.74, 6) is 1.19. The lowest BCUT2D eigenvalue weighted by Crippen LogP contribution is -2.41. The van der Waals surface area contributed by atoms with Gasteiger partial charge < -0.3 is 0 Å². The van der Waals surface area contributed by atoms with E-state index in [1.165, 1.54) is 12.2 Å². The van der Waals surface area contributed by atoms with Gasteiger partial charge in [0.05, 0.1) is 5.92 Å². The van der Waals surface area contributed by atoms with Crippen LogP contribution in [0.2, 0.25) is 0 Å². The summed E-state index contributed by atoms with van der Waals surface area (Å²) in [6.45, 7) is 2.04. The van der Waals surface area contributed by atoms with E-state index in [0.29, 0.717) is 10.3 Å². The van der Waals surface area contributed by atoms with Gasteiger partial charge in [0.2, 0.25) is 0 Å². The minimum absolute atomic E-state index is 0.224. The number of nitrogens with zero attached hydrogens (tertiary/aromatic N) is 1. The summed E-state index contributed by atoms with van der Waals surface area (Å²) >= 11 is 0. The Labute approximate surface area is 160 Å². The summed E-state index contributed by atoms with van der Waals surface area (Å²) in [7, 11) is 7.38. The predicted molar refractivity (Wildman–Crippen MR) is 107 cm³/mol. The molecule has 24 heavy (non-hydrogen) atoms. The third kappa shape index (κ3) is 6.34. The molecule has 1 N–H and O–H groups in total. The van der Waals surface area contributed by atoms with Crippen LogP contribution in [0.4, 0.5) is 0 Å². The molecule has 2 aliphatic rings. The van der Waals surface area contributed by atoms with Gasteiger partial charge >= 0.3 is 0 Å². The Hall–Kier alpha value is 0.500. The molecule has 0 aliphatic carbocycles. The van der Waals surface area contributed by atoms with Gasteiger partial charge in [-0.05, 0) is 32.1 Å². The van der Waals surface area contributed by atoms with Crippen molar-refractivity contribution in [2.45, 2.75) is 68.8 Å². The van der Waals surface area contributed by atoms with Gasteiger partial charge in [0.15, 0.2) is 0 Å². The van der Waals surface area contributed by atoms with Crippen LogP contribution < -0.4 is 0 Å². The number of hydrogen-bond acceptors (Lipinski definition) is 7. The van der Waals surface area contributed by atoms with Crippen LogP contribution in [0.5, 0.6) is 0 Å². The standard InChI is InChI=1S/C16H27NO3S4/c1-2-5-13(14-9-11-22-24-14)16(19)17(20)15(18)7-4-3-6-12-8-10-21-23-12/h12-14,20H,2-11H2,1H3. The van der Waals surface area contributed by atoms with Gasteiger partial charge in [-0.15, -0.1) is 0 Å². The van der Waals surface area contributed by atoms with Crippen LogP contribution in [0.1, 0.15) is 58.3 Å². The molecule has 0 saturated carbocycles. The van der Waals surface area contributed by atoms with E-state index < -0.39 is 11.8 Å². The molecule has 0 aromatic carbocycles. The van der Waals surface area contributed by atoms with Crippen molar-refractivity contribution in [3.05, 3.63) is 0 Å². The highest BCUT2D eigenvalue weighted by molar-refractivity contribution is 8.77. The molecule has 0 spiro atoms. The number of unbranched alkanes of at least 4 members (excludes halogenated alkanes) is 1. The zero-order valence-electron chi connectivity index (χ0n) is 14.1. The van der Waals surface area contributed by atoms with E-state index in [2.05, 4.69) is 0 Å². The summed E-state index contributed by atoms with van der Waals surface area (Å²) in [4.78, 5) is 24.7. The molecule has 2 aliphatic heterocycles. The van der Waals surface area contributed by atoms with E-state index in [0.717, 1.165) is 44.3 Å². The van der Waals surface area contributed by atoms with E-state index in [1.807, 2.05) is 28.5 Å². The van der Waals surface area contributed by atoms with Crippen molar-refractivity contribution >= 4 is 55.0 Å². The van der Waals surface area contributed by atoms with Crippen molar-refractivity contribution < 1.29 is 14.8 Å². The van der Waals surface area contributed by atoms with Crippen LogP contribution in [-0.2, 0) is 9.59 Å². The lowest BCUT2D eigenvalue weighted by atomic mass is 9.96. The Bertz CT molecular complexity index is 412. The van der Waals surface area contributed by atoms with Crippen LogP contribution in [0.25, 0.3) is 0 Å². The largest absolute Gasteiger partial charge is 0.279 e. The third-order valence-corrected chi connectivity index (χ3v) is 10.4. The Balaban J connectivity index is 1.73. The molecule has 0 aromatic heterocycles. The van der Waals surface area contributed by atoms with Crippen LogP contribution in [-0.4, -0.2) is 44.1 Å². The van der Waals surface area contributed by atoms with Gasteiger partial charge in [-0.1, -0.05) is 62.9 Å². The summed E-state index contributed by atoms with van der Waals surface area (Å²) in [5, 5.41) is 11.4. The van der Waals surface area contributed by atoms with Crippen molar-refractivity contribution in [2.24, 2.45) is 5.92 Å². The average molecular weight is 410 g/mol. The number of carbonyl (C=O) groups is 2. The molecule has 3 atom stereocenters. The van der Waals surface area contributed by atoms with Gasteiger partial charge in [0.25, 0.3) is 11.8 Å². The van der Waals surface area contributed by atoms with Crippen molar-refractivity contribution in [3.8, 4) is 0 Å². The van der Waals surface area contributed by atoms with Crippen LogP contribution >= 0.6 is 43.2 Å². The first kappa shape index (κ1) is 20.8. The number of hydroxylamine groups is 2. The fourth-order valence-corrected chi connectivity index (χ4v) is 9.19. The number of amides is 2. The van der Waals surface area contributed by atoms with Gasteiger partial charge in [-0.25, -0.2) is 0 Å². The second-order valence-electron chi connectivity index (χ2n) is 6.26. The average Bonchev–Trinajstić information content (AvgIpc) is 3.28. The second kappa shape index (κ2) is 11.3. The van der Waals surface area contributed by atoms with E-state index >= 15 is 0 Å². The minimum atomic E-state index is -0.440. The SMILES string of the molecule is CCCC(C(=O)N(O)C(=O)CCCCC1CCSS1)C1CCSS1. The van der Waals surface area contributed by atoms with E-state index in [4.69, 9.17) is 0 Å². The molecule has 2 saturated heterocycles. The zero-order chi connectivity index (χ0) is 17.4. The Kier molecular flexibility index (Phi) is 9.77. The molecule has 2 heterocycles. The van der Waals surface area contributed by atoms with Gasteiger partial charge in [-0.2, -0.15) is 5.06 Å². The number of carbonyl (C=O) groups excluding carboxylic acids is 2. The maximum absolute atomic E-state index is 12.5. The number of rotatable bonds is 9. The first-order chi connectivity index (χ1) is 11.6. The van der Waals surface area contributed by atoms with Gasteiger partial charge in [-0.3, -0.25) is 14.8 Å². The highest BCUT2D eigenvalue weighted by Crippen LogP contribution is 2.43. The van der Waals surface area contributed by atoms with Crippen LogP contribution in [0, 0.1) is 5.92 Å². The lowest BCUT2D eigenvalue weighted by Gasteiger charge is -2.24. The maximum Gasteiger partial charge on any atom is 0.257 e. The lowest BCUT2D eigenvalue weighted by molar-refractivity contribution is -0.182. The normalized spacial score (nSPS) is 24.9. The molecular formula is C16H27NO3S4. The second-order valence-corrected chi connectivity index (χ2v) is 11.8. The van der Waals surface area contributed by atoms with Crippen molar-refractivity contribution in [3.63, 3.8) is 0 Å². The quantitative estimate of drug-likeness (QED) is 0.248. The van der Waals surface area contributed by atoms with Crippen molar-refractivity contribution in [1.82, 2.24) is 5.06 Å². The molecule has 2 amide bonds. The topological polar surface area (TPSA) is 57.6 Å². The molecule has 4 nitrogen and oxygen atoms in total. The maximum atomic E-state index is 12.5. The highest BCUT2D eigenvalue weighted by Gasteiger charge is 2.35. The highest BCUT2D eigenvalue weighted by atomic mass is 33.1. The first-order valence-electron chi connectivity index (χ1n) is 8.75. The molecule has 0 bridgehead atoms. The smallest absolute Gasteiger partial charge is 0.257 e. The molecule has 0 aromatic rings. The van der Waals surface area contributed by atoms with E-state index in [1.54, 1.807) is 21.6 Å². The molecule has 138 valence electrons. The fourth-order valence-electron chi connectivity index (χ4n) is 2.99. The molecule has 8 heteroatoms. The summed E-state index contributed by atoms with van der Waals surface area (Å²) < 4.78 is 0. The third-order valence-electron chi connectivity index (χ3n) is 4.38. The Morgan fingerprint density at radius 2 is 1.92 bits per heavy atom. The molecule has 0 radical (unpaired) electrons. The first-order valence-corrected chi connectivity index (χ1v) is 13.5. The summed E-state index contributed by atoms with van der Waals surface area (Å²) in [6.07, 6.45) is 6.97. The number of imide groups is 1. The molecular weight excluding hydrogens is 382 g/mol. The minimum Gasteiger partial charge on any atom is -0.279 e. The molecule has 2 rings (SSSR count). The molecule has 3 unspecified atom stereocenters. The van der Waals surface area contributed by atoms with Crippen LogP contribution in [0.3, 0.4) is 0 Å². The summed E-state index contributed by atoms with van der Waals surface area (Å²) in [5.41, 5.74) is 0.